The summed E-state index contributed by atoms with van der Waals surface area (Å²) < 4.78 is 12.9. The molecule has 0 unspecified atom stereocenters. The Morgan fingerprint density at radius 3 is 2.86 bits per heavy atom. The van der Waals surface area contributed by atoms with Crippen molar-refractivity contribution in [2.75, 3.05) is 13.2 Å². The van der Waals surface area contributed by atoms with E-state index in [4.69, 9.17) is 9.47 Å². The van der Waals surface area contributed by atoms with Crippen LogP contribution in [-0.2, 0) is 11.8 Å². The molecule has 1 aromatic carbocycles. The fourth-order valence-electron chi connectivity index (χ4n) is 2.38. The minimum absolute atomic E-state index is 0.123. The van der Waals surface area contributed by atoms with Crippen LogP contribution in [0.3, 0.4) is 0 Å². The number of para-hydroxylation sites is 2. The van der Waals surface area contributed by atoms with Crippen LogP contribution in [0.2, 0.25) is 0 Å². The number of hydrogen-bond acceptors (Lipinski definition) is 4. The number of ether oxygens (including phenoxy) is 2. The molecule has 1 aliphatic heterocycles. The Morgan fingerprint density at radius 2 is 2.14 bits per heavy atom. The first-order valence-electron chi connectivity index (χ1n) is 7.10. The number of carbonyl (C=O) groups is 1. The van der Waals surface area contributed by atoms with E-state index in [1.807, 2.05) is 42.1 Å². The second-order valence-corrected chi connectivity index (χ2v) is 5.17. The zero-order valence-electron chi connectivity index (χ0n) is 12.2. The smallest absolute Gasteiger partial charge is 0.264 e. The number of aliphatic hydroxyl groups is 1. The molecule has 1 aliphatic rings. The van der Waals surface area contributed by atoms with E-state index in [0.717, 1.165) is 5.69 Å². The van der Waals surface area contributed by atoms with Gasteiger partial charge in [0.05, 0.1) is 0 Å². The van der Waals surface area contributed by atoms with Gasteiger partial charge in [0, 0.05) is 25.5 Å². The Hall–Kier alpha value is -2.47. The predicted molar refractivity (Wildman–Crippen MR) is 79.7 cm³/mol. The summed E-state index contributed by atoms with van der Waals surface area (Å²) in [5, 5.41) is 12.8. The number of nitrogens with one attached hydrogen (secondary N) is 1. The molecule has 0 aliphatic carbocycles. The lowest BCUT2D eigenvalue weighted by molar-refractivity contribution is -0.130. The normalized spacial score (nSPS) is 17.8. The fourth-order valence-corrected chi connectivity index (χ4v) is 2.38. The third-order valence-corrected chi connectivity index (χ3v) is 3.60. The molecule has 0 saturated heterocycles. The van der Waals surface area contributed by atoms with Gasteiger partial charge in [0.15, 0.2) is 11.5 Å². The Labute approximate surface area is 128 Å². The van der Waals surface area contributed by atoms with Crippen LogP contribution in [0.4, 0.5) is 0 Å². The van der Waals surface area contributed by atoms with Crippen LogP contribution in [0, 0.1) is 0 Å². The minimum atomic E-state index is -0.763. The molecule has 2 atom stereocenters. The SMILES string of the molecule is Cn1cccc1[C@H](O)CNC(=O)[C@@H]1COc2ccccc2O1. The van der Waals surface area contributed by atoms with Crippen molar-refractivity contribution in [2.24, 2.45) is 7.05 Å². The molecule has 6 heteroatoms. The highest BCUT2D eigenvalue weighted by Crippen LogP contribution is 2.30. The highest BCUT2D eigenvalue weighted by Gasteiger charge is 2.27. The van der Waals surface area contributed by atoms with E-state index in [0.29, 0.717) is 11.5 Å². The second kappa shape index (κ2) is 6.11. The van der Waals surface area contributed by atoms with Crippen molar-refractivity contribution in [3.05, 3.63) is 48.3 Å². The molecule has 2 heterocycles. The molecule has 0 fully saturated rings. The molecule has 22 heavy (non-hydrogen) atoms. The molecular weight excluding hydrogens is 284 g/mol. The predicted octanol–water partition coefficient (Wildman–Crippen LogP) is 1.01. The van der Waals surface area contributed by atoms with Gasteiger partial charge in [-0.3, -0.25) is 4.79 Å². The molecule has 2 N–H and O–H groups in total. The van der Waals surface area contributed by atoms with Crippen molar-refractivity contribution < 1.29 is 19.4 Å². The molecule has 1 amide bonds. The summed E-state index contributed by atoms with van der Waals surface area (Å²) in [7, 11) is 1.84. The Morgan fingerprint density at radius 1 is 1.36 bits per heavy atom. The number of aromatic nitrogens is 1. The summed E-state index contributed by atoms with van der Waals surface area (Å²) in [5.74, 6) is 0.884. The van der Waals surface area contributed by atoms with Gasteiger partial charge >= 0.3 is 0 Å². The first-order chi connectivity index (χ1) is 10.6. The summed E-state index contributed by atoms with van der Waals surface area (Å²) in [6.07, 6.45) is 0.367. The molecule has 0 spiro atoms. The highest BCUT2D eigenvalue weighted by atomic mass is 16.6. The Bertz CT molecular complexity index is 668. The second-order valence-electron chi connectivity index (χ2n) is 5.17. The first-order valence-corrected chi connectivity index (χ1v) is 7.10. The van der Waals surface area contributed by atoms with Crippen LogP contribution in [0.25, 0.3) is 0 Å². The highest BCUT2D eigenvalue weighted by molar-refractivity contribution is 5.81. The van der Waals surface area contributed by atoms with Gasteiger partial charge in [0.2, 0.25) is 6.10 Å². The zero-order valence-corrected chi connectivity index (χ0v) is 12.2. The van der Waals surface area contributed by atoms with E-state index in [2.05, 4.69) is 5.32 Å². The van der Waals surface area contributed by atoms with Crippen molar-refractivity contribution in [1.82, 2.24) is 9.88 Å². The average Bonchev–Trinajstić information content (AvgIpc) is 2.98. The van der Waals surface area contributed by atoms with Crippen LogP contribution in [0.15, 0.2) is 42.6 Å². The third-order valence-electron chi connectivity index (χ3n) is 3.60. The third kappa shape index (κ3) is 2.92. The van der Waals surface area contributed by atoms with Gasteiger partial charge in [-0.15, -0.1) is 0 Å². The largest absolute Gasteiger partial charge is 0.485 e. The van der Waals surface area contributed by atoms with E-state index >= 15 is 0 Å². The maximum atomic E-state index is 12.1. The van der Waals surface area contributed by atoms with Crippen molar-refractivity contribution in [3.8, 4) is 11.5 Å². The molecular formula is C16H18N2O4. The molecule has 0 radical (unpaired) electrons. The number of aliphatic hydroxyl groups excluding tert-OH is 1. The monoisotopic (exact) mass is 302 g/mol. The summed E-state index contributed by atoms with van der Waals surface area (Å²) in [6.45, 7) is 0.279. The number of carbonyl (C=O) groups excluding carboxylic acids is 1. The van der Waals surface area contributed by atoms with Gasteiger partial charge in [-0.2, -0.15) is 0 Å². The van der Waals surface area contributed by atoms with Gasteiger partial charge in [-0.1, -0.05) is 12.1 Å². The summed E-state index contributed by atoms with van der Waals surface area (Å²) in [5.41, 5.74) is 0.742. The van der Waals surface area contributed by atoms with Crippen LogP contribution in [0.5, 0.6) is 11.5 Å². The van der Waals surface area contributed by atoms with E-state index in [1.54, 1.807) is 12.1 Å². The van der Waals surface area contributed by atoms with Gasteiger partial charge < -0.3 is 24.5 Å². The van der Waals surface area contributed by atoms with Crippen LogP contribution < -0.4 is 14.8 Å². The summed E-state index contributed by atoms with van der Waals surface area (Å²) in [6, 6.07) is 10.9. The molecule has 0 bridgehead atoms. The van der Waals surface area contributed by atoms with Gasteiger partial charge in [0.25, 0.3) is 5.91 Å². The fraction of sp³-hybridized carbons (Fsp3) is 0.312. The van der Waals surface area contributed by atoms with Crippen molar-refractivity contribution in [1.29, 1.82) is 0 Å². The Kier molecular flexibility index (Phi) is 4.02. The number of amides is 1. The van der Waals surface area contributed by atoms with Gasteiger partial charge in [0.1, 0.15) is 12.7 Å². The first kappa shape index (κ1) is 14.5. The number of fused-ring (bicyclic) bond motifs is 1. The van der Waals surface area contributed by atoms with Gasteiger partial charge in [-0.25, -0.2) is 0 Å². The number of nitrogens with zero attached hydrogens (tertiary/aromatic N) is 1. The maximum Gasteiger partial charge on any atom is 0.264 e. The van der Waals surface area contributed by atoms with Crippen molar-refractivity contribution in [2.45, 2.75) is 12.2 Å². The van der Waals surface area contributed by atoms with Crippen molar-refractivity contribution in [3.63, 3.8) is 0 Å². The van der Waals surface area contributed by atoms with Crippen molar-refractivity contribution >= 4 is 5.91 Å². The number of benzene rings is 1. The molecule has 2 aromatic rings. The molecule has 6 nitrogen and oxygen atoms in total. The molecule has 0 saturated carbocycles. The minimum Gasteiger partial charge on any atom is -0.485 e. The lowest BCUT2D eigenvalue weighted by atomic mass is 10.2. The molecule has 1 aromatic heterocycles. The van der Waals surface area contributed by atoms with Crippen LogP contribution in [0.1, 0.15) is 11.8 Å². The molecule has 116 valence electrons. The summed E-state index contributed by atoms with van der Waals surface area (Å²) >= 11 is 0. The quantitative estimate of drug-likeness (QED) is 0.884. The van der Waals surface area contributed by atoms with Crippen LogP contribution in [-0.4, -0.2) is 34.8 Å². The number of aryl methyl sites for hydroxylation is 1. The maximum absolute atomic E-state index is 12.1. The molecule has 3 rings (SSSR count). The lowest BCUT2D eigenvalue weighted by Crippen LogP contribution is -2.45. The average molecular weight is 302 g/mol. The van der Waals surface area contributed by atoms with Gasteiger partial charge in [-0.05, 0) is 24.3 Å². The number of rotatable bonds is 4. The number of hydrogen-bond donors (Lipinski definition) is 2. The topological polar surface area (TPSA) is 72.7 Å². The Balaban J connectivity index is 1.56. The zero-order chi connectivity index (χ0) is 15.5. The summed E-state index contributed by atoms with van der Waals surface area (Å²) in [4.78, 5) is 12.1. The van der Waals surface area contributed by atoms with E-state index in [1.165, 1.54) is 0 Å². The van der Waals surface area contributed by atoms with E-state index < -0.39 is 12.2 Å². The lowest BCUT2D eigenvalue weighted by Gasteiger charge is -2.26. The van der Waals surface area contributed by atoms with E-state index in [9.17, 15) is 9.90 Å². The van der Waals surface area contributed by atoms with E-state index in [-0.39, 0.29) is 19.1 Å². The van der Waals surface area contributed by atoms with Crippen LogP contribution >= 0.6 is 0 Å². The standard InChI is InChI=1S/C16H18N2O4/c1-18-8-4-5-11(18)12(19)9-17-16(20)15-10-21-13-6-2-3-7-14(13)22-15/h2-8,12,15,19H,9-10H2,1H3,(H,17,20)/t12-,15+/m1/s1.